The number of carbonyl (C=O) groups is 4. The van der Waals surface area contributed by atoms with Crippen LogP contribution >= 0.6 is 0 Å². The molecular formula is C31H26N2O4. The molecule has 184 valence electrons. The van der Waals surface area contributed by atoms with Crippen molar-refractivity contribution in [3.63, 3.8) is 0 Å². The van der Waals surface area contributed by atoms with Crippen LogP contribution in [0.1, 0.15) is 67.4 Å². The molecule has 6 rings (SSSR count). The van der Waals surface area contributed by atoms with Crippen molar-refractivity contribution in [2.24, 2.45) is 0 Å². The monoisotopic (exact) mass is 490 g/mol. The Morgan fingerprint density at radius 2 is 1.14 bits per heavy atom. The molecule has 0 fully saturated rings. The van der Waals surface area contributed by atoms with Gasteiger partial charge in [0.1, 0.15) is 0 Å². The van der Waals surface area contributed by atoms with Gasteiger partial charge in [-0.25, -0.2) is 9.80 Å². The third-order valence-corrected chi connectivity index (χ3v) is 8.04. The van der Waals surface area contributed by atoms with Gasteiger partial charge in [-0.1, -0.05) is 42.5 Å². The SMILES string of the molecule is Cc1cccc(C)c1N1C(=O)C2=CCC3(C)C(=O)N(c4c(C)cccc4C)C(=O)c4ccc(c2c43)C1=O. The molecule has 0 N–H and O–H groups in total. The smallest absolute Gasteiger partial charge is 0.265 e. The number of para-hydroxylation sites is 2. The van der Waals surface area contributed by atoms with Crippen molar-refractivity contribution in [1.82, 2.24) is 0 Å². The Kier molecular flexibility index (Phi) is 4.74. The fourth-order valence-electron chi connectivity index (χ4n) is 6.23. The summed E-state index contributed by atoms with van der Waals surface area (Å²) in [5.74, 6) is -1.65. The van der Waals surface area contributed by atoms with Crippen LogP contribution in [-0.4, -0.2) is 23.6 Å². The molecule has 1 aliphatic carbocycles. The first-order chi connectivity index (χ1) is 17.6. The van der Waals surface area contributed by atoms with Gasteiger partial charge in [-0.05, 0) is 81.0 Å². The van der Waals surface area contributed by atoms with Crippen LogP contribution in [0.3, 0.4) is 0 Å². The zero-order valence-electron chi connectivity index (χ0n) is 21.4. The highest BCUT2D eigenvalue weighted by Crippen LogP contribution is 2.50. The Morgan fingerprint density at radius 1 is 0.649 bits per heavy atom. The highest BCUT2D eigenvalue weighted by atomic mass is 16.2. The van der Waals surface area contributed by atoms with Crippen molar-refractivity contribution in [2.75, 3.05) is 9.80 Å². The van der Waals surface area contributed by atoms with Crippen LogP contribution in [-0.2, 0) is 15.0 Å². The molecule has 6 nitrogen and oxygen atoms in total. The predicted octanol–water partition coefficient (Wildman–Crippen LogP) is 5.34. The molecule has 0 radical (unpaired) electrons. The fourth-order valence-corrected chi connectivity index (χ4v) is 6.23. The average molecular weight is 491 g/mol. The molecule has 4 amide bonds. The number of amides is 4. The van der Waals surface area contributed by atoms with Crippen molar-refractivity contribution in [1.29, 1.82) is 0 Å². The minimum Gasteiger partial charge on any atom is -0.273 e. The summed E-state index contributed by atoms with van der Waals surface area (Å²) in [5, 5.41) is 0. The van der Waals surface area contributed by atoms with Gasteiger partial charge in [-0.2, -0.15) is 0 Å². The van der Waals surface area contributed by atoms with E-state index >= 15 is 0 Å². The average Bonchev–Trinajstić information content (AvgIpc) is 2.85. The largest absolute Gasteiger partial charge is 0.273 e. The van der Waals surface area contributed by atoms with Gasteiger partial charge in [-0.15, -0.1) is 0 Å². The van der Waals surface area contributed by atoms with Gasteiger partial charge >= 0.3 is 0 Å². The zero-order chi connectivity index (χ0) is 26.4. The van der Waals surface area contributed by atoms with Crippen LogP contribution in [0.2, 0.25) is 0 Å². The molecule has 2 aliphatic heterocycles. The molecule has 2 heterocycles. The molecule has 3 aromatic rings. The summed E-state index contributed by atoms with van der Waals surface area (Å²) in [6.07, 6.45) is 2.02. The Balaban J connectivity index is 1.59. The summed E-state index contributed by atoms with van der Waals surface area (Å²) >= 11 is 0. The van der Waals surface area contributed by atoms with Gasteiger partial charge in [0.2, 0.25) is 5.91 Å². The third-order valence-electron chi connectivity index (χ3n) is 8.04. The molecule has 3 aliphatic rings. The van der Waals surface area contributed by atoms with Gasteiger partial charge in [-0.3, -0.25) is 19.2 Å². The highest BCUT2D eigenvalue weighted by molar-refractivity contribution is 6.43. The lowest BCUT2D eigenvalue weighted by Crippen LogP contribution is -2.56. The van der Waals surface area contributed by atoms with E-state index in [9.17, 15) is 19.2 Å². The Bertz CT molecular complexity index is 1610. The minimum atomic E-state index is -1.09. The molecule has 0 spiro atoms. The summed E-state index contributed by atoms with van der Waals surface area (Å²) in [6, 6.07) is 14.6. The minimum absolute atomic E-state index is 0.250. The Labute approximate surface area is 215 Å². The van der Waals surface area contributed by atoms with Crippen LogP contribution in [0.15, 0.2) is 54.6 Å². The normalized spacial score (nSPS) is 20.3. The first-order valence-electron chi connectivity index (χ1n) is 12.4. The lowest BCUT2D eigenvalue weighted by Gasteiger charge is -2.45. The van der Waals surface area contributed by atoms with Crippen LogP contribution in [0.4, 0.5) is 11.4 Å². The van der Waals surface area contributed by atoms with Gasteiger partial charge in [0.05, 0.1) is 16.8 Å². The van der Waals surface area contributed by atoms with Crippen molar-refractivity contribution < 1.29 is 19.2 Å². The second-order valence-corrected chi connectivity index (χ2v) is 10.4. The number of hydrogen-bond acceptors (Lipinski definition) is 4. The molecule has 0 aromatic heterocycles. The number of benzene rings is 3. The summed E-state index contributed by atoms with van der Waals surface area (Å²) in [5.41, 5.74) is 5.33. The van der Waals surface area contributed by atoms with Gasteiger partial charge in [0.25, 0.3) is 17.7 Å². The third kappa shape index (κ3) is 2.87. The number of aryl methyl sites for hydroxylation is 4. The van der Waals surface area contributed by atoms with Crippen molar-refractivity contribution >= 4 is 40.6 Å². The first kappa shape index (κ1) is 23.1. The lowest BCUT2D eigenvalue weighted by molar-refractivity contribution is -0.123. The van der Waals surface area contributed by atoms with E-state index in [0.29, 0.717) is 39.2 Å². The van der Waals surface area contributed by atoms with E-state index in [-0.39, 0.29) is 12.3 Å². The number of nitrogens with zero attached hydrogens (tertiary/aromatic N) is 2. The van der Waals surface area contributed by atoms with Crippen molar-refractivity contribution in [3.8, 4) is 0 Å². The maximum Gasteiger partial charge on any atom is 0.265 e. The summed E-state index contributed by atoms with van der Waals surface area (Å²) < 4.78 is 0. The van der Waals surface area contributed by atoms with Gasteiger partial charge in [0.15, 0.2) is 0 Å². The number of hydrogen-bond donors (Lipinski definition) is 0. The van der Waals surface area contributed by atoms with E-state index in [1.165, 1.54) is 9.80 Å². The number of imide groups is 2. The number of anilines is 2. The molecule has 1 atom stereocenters. The van der Waals surface area contributed by atoms with Crippen molar-refractivity contribution in [3.05, 3.63) is 99.1 Å². The molecule has 0 saturated heterocycles. The summed E-state index contributed by atoms with van der Waals surface area (Å²) in [6.45, 7) is 9.31. The molecule has 0 bridgehead atoms. The maximum atomic E-state index is 14.1. The molecule has 3 aromatic carbocycles. The fraction of sp³-hybridized carbons (Fsp3) is 0.226. The van der Waals surface area contributed by atoms with Crippen LogP contribution < -0.4 is 9.80 Å². The maximum absolute atomic E-state index is 14.1. The predicted molar refractivity (Wildman–Crippen MR) is 142 cm³/mol. The zero-order valence-corrected chi connectivity index (χ0v) is 21.4. The van der Waals surface area contributed by atoms with E-state index in [1.54, 1.807) is 18.2 Å². The number of allylic oxidation sites excluding steroid dienone is 1. The van der Waals surface area contributed by atoms with Gasteiger partial charge < -0.3 is 0 Å². The Hall–Kier alpha value is -4.32. The summed E-state index contributed by atoms with van der Waals surface area (Å²) in [4.78, 5) is 58.2. The lowest BCUT2D eigenvalue weighted by atomic mass is 9.65. The van der Waals surface area contributed by atoms with Crippen molar-refractivity contribution in [2.45, 2.75) is 46.5 Å². The summed E-state index contributed by atoms with van der Waals surface area (Å²) in [7, 11) is 0. The number of carbonyl (C=O) groups excluding carboxylic acids is 4. The van der Waals surface area contributed by atoms with Crippen LogP contribution in [0.5, 0.6) is 0 Å². The van der Waals surface area contributed by atoms with E-state index in [4.69, 9.17) is 0 Å². The van der Waals surface area contributed by atoms with E-state index in [0.717, 1.165) is 22.3 Å². The molecule has 6 heteroatoms. The van der Waals surface area contributed by atoms with Gasteiger partial charge in [0, 0.05) is 22.3 Å². The quantitative estimate of drug-likeness (QED) is 0.455. The van der Waals surface area contributed by atoms with E-state index < -0.39 is 23.1 Å². The second-order valence-electron chi connectivity index (χ2n) is 10.4. The van der Waals surface area contributed by atoms with E-state index in [1.807, 2.05) is 71.0 Å². The topological polar surface area (TPSA) is 74.8 Å². The van der Waals surface area contributed by atoms with Crippen LogP contribution in [0, 0.1) is 27.7 Å². The standard InChI is InChI=1S/C31H26N2O4/c1-16-8-6-9-17(2)25(16)32-27(34)20-12-13-22-24-23(20)21(28(32)35)14-15-31(24,5)30(37)33(29(22)36)26-18(3)10-7-11-19(26)4/h6-14H,15H2,1-5H3. The molecule has 0 saturated carbocycles. The Morgan fingerprint density at radius 3 is 1.70 bits per heavy atom. The molecular weight excluding hydrogens is 464 g/mol. The number of rotatable bonds is 2. The molecule has 37 heavy (non-hydrogen) atoms. The van der Waals surface area contributed by atoms with Crippen LogP contribution in [0.25, 0.3) is 5.57 Å². The first-order valence-corrected chi connectivity index (χ1v) is 12.4. The van der Waals surface area contributed by atoms with E-state index in [2.05, 4.69) is 0 Å². The molecule has 1 unspecified atom stereocenters. The second kappa shape index (κ2) is 7.59. The highest BCUT2D eigenvalue weighted by Gasteiger charge is 2.54.